The second kappa shape index (κ2) is 6.24. The van der Waals surface area contributed by atoms with E-state index in [1.54, 1.807) is 7.11 Å². The molecule has 4 nitrogen and oxygen atoms in total. The minimum absolute atomic E-state index is 0.263. The van der Waals surface area contributed by atoms with E-state index < -0.39 is 0 Å². The number of benzene rings is 1. The van der Waals surface area contributed by atoms with Gasteiger partial charge in [-0.25, -0.2) is 0 Å². The van der Waals surface area contributed by atoms with Gasteiger partial charge >= 0.3 is 0 Å². The monoisotopic (exact) mass is 290 g/mol. The highest BCUT2D eigenvalue weighted by molar-refractivity contribution is 5.62. The van der Waals surface area contributed by atoms with Crippen molar-refractivity contribution in [3.8, 4) is 5.75 Å². The predicted molar refractivity (Wildman–Crippen MR) is 85.2 cm³/mol. The van der Waals surface area contributed by atoms with Crippen LogP contribution in [-0.2, 0) is 4.74 Å². The smallest absolute Gasteiger partial charge is 0.125 e. The molecule has 21 heavy (non-hydrogen) atoms. The first-order valence-electron chi connectivity index (χ1n) is 7.98. The van der Waals surface area contributed by atoms with E-state index in [0.29, 0.717) is 12.1 Å². The molecule has 0 amide bonds. The Morgan fingerprint density at radius 3 is 3.00 bits per heavy atom. The average Bonchev–Trinajstić information content (AvgIpc) is 3.01. The lowest BCUT2D eigenvalue weighted by molar-refractivity contribution is 0.0255. The molecule has 0 bridgehead atoms. The lowest BCUT2D eigenvalue weighted by Crippen LogP contribution is -2.49. The van der Waals surface area contributed by atoms with Gasteiger partial charge in [0.05, 0.1) is 25.9 Å². The van der Waals surface area contributed by atoms with E-state index in [-0.39, 0.29) is 6.04 Å². The molecule has 3 unspecified atom stereocenters. The van der Waals surface area contributed by atoms with E-state index in [2.05, 4.69) is 35.3 Å². The molecule has 4 heteroatoms. The summed E-state index contributed by atoms with van der Waals surface area (Å²) in [5.41, 5.74) is 2.56. The minimum atomic E-state index is 0.263. The van der Waals surface area contributed by atoms with Crippen LogP contribution in [0.4, 0.5) is 5.69 Å². The van der Waals surface area contributed by atoms with Crippen LogP contribution in [0.15, 0.2) is 18.2 Å². The topological polar surface area (TPSA) is 33.7 Å². The molecule has 2 fully saturated rings. The molecule has 1 heterocycles. The Morgan fingerprint density at radius 2 is 2.24 bits per heavy atom. The molecule has 1 saturated heterocycles. The maximum Gasteiger partial charge on any atom is 0.125 e. The van der Waals surface area contributed by atoms with Crippen molar-refractivity contribution in [2.75, 3.05) is 32.2 Å². The molecular formula is C17H26N2O2. The first-order valence-corrected chi connectivity index (χ1v) is 7.98. The summed E-state index contributed by atoms with van der Waals surface area (Å²) in [7, 11) is 3.75. The maximum atomic E-state index is 5.95. The number of hydrogen-bond donors (Lipinski definition) is 1. The third-order valence-electron chi connectivity index (χ3n) is 4.92. The quantitative estimate of drug-likeness (QED) is 0.924. The number of hydrogen-bond acceptors (Lipinski definition) is 4. The minimum Gasteiger partial charge on any atom is -0.496 e. The van der Waals surface area contributed by atoms with Crippen LogP contribution in [0.1, 0.15) is 37.8 Å². The standard InChI is InChI=1S/C17H26N2O2/c1-12(18-2)17-14(7-5-9-16(17)20-3)19-10-11-21-15-8-4-6-13(15)19/h5,7,9,12-13,15,18H,4,6,8,10-11H2,1-3H3. The van der Waals surface area contributed by atoms with Gasteiger partial charge in [0.15, 0.2) is 0 Å². The molecular weight excluding hydrogens is 264 g/mol. The second-order valence-electron chi connectivity index (χ2n) is 6.00. The lowest BCUT2D eigenvalue weighted by Gasteiger charge is -2.41. The van der Waals surface area contributed by atoms with Crippen LogP contribution in [0.25, 0.3) is 0 Å². The van der Waals surface area contributed by atoms with Gasteiger partial charge in [0.1, 0.15) is 5.75 Å². The largest absolute Gasteiger partial charge is 0.496 e. The number of rotatable bonds is 4. The summed E-state index contributed by atoms with van der Waals surface area (Å²) in [6.07, 6.45) is 4.10. The molecule has 1 saturated carbocycles. The molecule has 1 aliphatic heterocycles. The molecule has 1 aromatic rings. The van der Waals surface area contributed by atoms with Gasteiger partial charge in [0, 0.05) is 23.8 Å². The van der Waals surface area contributed by atoms with Crippen molar-refractivity contribution in [1.82, 2.24) is 5.32 Å². The number of methoxy groups -OCH3 is 1. The fourth-order valence-corrected chi connectivity index (χ4v) is 3.77. The number of anilines is 1. The molecule has 1 aromatic carbocycles. The van der Waals surface area contributed by atoms with E-state index in [9.17, 15) is 0 Å². The molecule has 3 rings (SSSR count). The summed E-state index contributed by atoms with van der Waals surface area (Å²) in [6.45, 7) is 3.98. The van der Waals surface area contributed by atoms with Gasteiger partial charge in [0.2, 0.25) is 0 Å². The fraction of sp³-hybridized carbons (Fsp3) is 0.647. The zero-order valence-corrected chi connectivity index (χ0v) is 13.3. The molecule has 2 aliphatic rings. The van der Waals surface area contributed by atoms with Crippen molar-refractivity contribution in [2.24, 2.45) is 0 Å². The van der Waals surface area contributed by atoms with Crippen LogP contribution in [0.2, 0.25) is 0 Å². The first-order chi connectivity index (χ1) is 10.3. The lowest BCUT2D eigenvalue weighted by atomic mass is 10.0. The summed E-state index contributed by atoms with van der Waals surface area (Å²) in [4.78, 5) is 2.55. The Morgan fingerprint density at radius 1 is 1.38 bits per heavy atom. The van der Waals surface area contributed by atoms with E-state index in [4.69, 9.17) is 9.47 Å². The molecule has 3 atom stereocenters. The molecule has 0 aromatic heterocycles. The van der Waals surface area contributed by atoms with Gasteiger partial charge in [-0.15, -0.1) is 0 Å². The highest BCUT2D eigenvalue weighted by Gasteiger charge is 2.37. The Bertz CT molecular complexity index is 492. The van der Waals surface area contributed by atoms with Crippen molar-refractivity contribution in [3.05, 3.63) is 23.8 Å². The summed E-state index contributed by atoms with van der Waals surface area (Å²) in [6, 6.07) is 7.16. The zero-order chi connectivity index (χ0) is 14.8. The van der Waals surface area contributed by atoms with Gasteiger partial charge in [0.25, 0.3) is 0 Å². The Hall–Kier alpha value is -1.26. The number of morpholine rings is 1. The SMILES string of the molecule is CNC(C)c1c(OC)cccc1N1CCOC2CCCC21. The molecule has 116 valence electrons. The molecule has 1 N–H and O–H groups in total. The number of nitrogens with zero attached hydrogens (tertiary/aromatic N) is 1. The highest BCUT2D eigenvalue weighted by Crippen LogP contribution is 2.39. The Kier molecular flexibility index (Phi) is 4.36. The van der Waals surface area contributed by atoms with Crippen LogP contribution in [0.3, 0.4) is 0 Å². The number of nitrogens with one attached hydrogen (secondary N) is 1. The van der Waals surface area contributed by atoms with Gasteiger partial charge in [-0.05, 0) is 45.4 Å². The van der Waals surface area contributed by atoms with E-state index >= 15 is 0 Å². The maximum absolute atomic E-state index is 5.95. The number of fused-ring (bicyclic) bond motifs is 1. The normalized spacial score (nSPS) is 26.5. The summed E-state index contributed by atoms with van der Waals surface area (Å²) in [5, 5.41) is 3.36. The van der Waals surface area contributed by atoms with Crippen LogP contribution < -0.4 is 15.0 Å². The average molecular weight is 290 g/mol. The van der Waals surface area contributed by atoms with Crippen molar-refractivity contribution in [1.29, 1.82) is 0 Å². The van der Waals surface area contributed by atoms with Gasteiger partial charge in [-0.1, -0.05) is 6.07 Å². The van der Waals surface area contributed by atoms with Crippen LogP contribution in [-0.4, -0.2) is 39.5 Å². The molecule has 0 radical (unpaired) electrons. The summed E-state index contributed by atoms with van der Waals surface area (Å²) >= 11 is 0. The third-order valence-corrected chi connectivity index (χ3v) is 4.92. The van der Waals surface area contributed by atoms with E-state index in [1.165, 1.54) is 30.5 Å². The van der Waals surface area contributed by atoms with Gasteiger partial charge in [-0.2, -0.15) is 0 Å². The highest BCUT2D eigenvalue weighted by atomic mass is 16.5. The van der Waals surface area contributed by atoms with Crippen molar-refractivity contribution in [2.45, 2.75) is 44.4 Å². The fourth-order valence-electron chi connectivity index (χ4n) is 3.77. The summed E-state index contributed by atoms with van der Waals surface area (Å²) < 4.78 is 11.6. The van der Waals surface area contributed by atoms with Crippen molar-refractivity contribution in [3.63, 3.8) is 0 Å². The van der Waals surface area contributed by atoms with E-state index in [0.717, 1.165) is 18.9 Å². The van der Waals surface area contributed by atoms with Crippen molar-refractivity contribution >= 4 is 5.69 Å². The predicted octanol–water partition coefficient (Wildman–Crippen LogP) is 2.73. The molecule has 1 aliphatic carbocycles. The van der Waals surface area contributed by atoms with Gasteiger partial charge < -0.3 is 19.7 Å². The number of ether oxygens (including phenoxy) is 2. The van der Waals surface area contributed by atoms with Crippen LogP contribution in [0, 0.1) is 0 Å². The van der Waals surface area contributed by atoms with Gasteiger partial charge in [-0.3, -0.25) is 0 Å². The third kappa shape index (κ3) is 2.62. The zero-order valence-electron chi connectivity index (χ0n) is 13.3. The summed E-state index contributed by atoms with van der Waals surface area (Å²) in [5.74, 6) is 0.968. The Balaban J connectivity index is 2.00. The van der Waals surface area contributed by atoms with Crippen LogP contribution >= 0.6 is 0 Å². The Labute approximate surface area is 127 Å². The molecule has 0 spiro atoms. The van der Waals surface area contributed by atoms with Crippen molar-refractivity contribution < 1.29 is 9.47 Å². The van der Waals surface area contributed by atoms with E-state index in [1.807, 2.05) is 7.05 Å². The second-order valence-corrected chi connectivity index (χ2v) is 6.00. The van der Waals surface area contributed by atoms with Crippen LogP contribution in [0.5, 0.6) is 5.75 Å². The first kappa shape index (κ1) is 14.7.